The molecule has 0 bridgehead atoms. The summed E-state index contributed by atoms with van der Waals surface area (Å²) in [6.07, 6.45) is -1.94. The van der Waals surface area contributed by atoms with E-state index in [0.717, 1.165) is 25.3 Å². The van der Waals surface area contributed by atoms with Gasteiger partial charge in [0.1, 0.15) is 11.2 Å². The maximum absolute atomic E-state index is 12.5. The van der Waals surface area contributed by atoms with Crippen LogP contribution in [0.4, 0.5) is 14.5 Å². The fraction of sp³-hybridized carbons (Fsp3) is 0.600. The first-order valence-electron chi connectivity index (χ1n) is 12.7. The molecule has 1 aliphatic heterocycles. The molecule has 10 nitrogen and oxygen atoms in total. The van der Waals surface area contributed by atoms with Gasteiger partial charge in [0.05, 0.1) is 18.1 Å². The molecule has 1 aromatic rings. The van der Waals surface area contributed by atoms with Crippen LogP contribution in [-0.4, -0.2) is 92.2 Å². The average molecular weight is 589 g/mol. The second-order valence-corrected chi connectivity index (χ2v) is 12.2. The van der Waals surface area contributed by atoms with Gasteiger partial charge in [0, 0.05) is 60.5 Å². The summed E-state index contributed by atoms with van der Waals surface area (Å²) in [5, 5.41) is 14.7. The summed E-state index contributed by atoms with van der Waals surface area (Å²) in [4.78, 5) is 28.8. The SMILES string of the molecule is CCN1CCN(C(=O)COc2cccc(N/C=S(\ONC)SCCCC(C)(C#N)C(=O)NCC(F)F)c2)CC1. The van der Waals surface area contributed by atoms with Crippen molar-refractivity contribution in [2.75, 3.05) is 64.0 Å². The minimum Gasteiger partial charge on any atom is -0.484 e. The molecule has 0 spiro atoms. The molecule has 2 atom stereocenters. The first-order chi connectivity index (χ1) is 18.7. The van der Waals surface area contributed by atoms with E-state index in [9.17, 15) is 23.6 Å². The second-order valence-electron chi connectivity index (χ2n) is 8.91. The number of amides is 2. The highest BCUT2D eigenvalue weighted by molar-refractivity contribution is 8.81. The Morgan fingerprint density at radius 3 is 2.69 bits per heavy atom. The molecule has 0 aromatic heterocycles. The van der Waals surface area contributed by atoms with Crippen LogP contribution in [0.3, 0.4) is 0 Å². The van der Waals surface area contributed by atoms with E-state index in [1.807, 2.05) is 23.1 Å². The number of carbonyl (C=O) groups excluding carboxylic acids is 2. The zero-order valence-corrected chi connectivity index (χ0v) is 24.2. The molecule has 0 saturated carbocycles. The quantitative estimate of drug-likeness (QED) is 0.116. The molecule has 2 amide bonds. The lowest BCUT2D eigenvalue weighted by Gasteiger charge is -2.33. The standard InChI is InChI=1S/C25H38F2N6O4S2/c1-4-32-10-12-33(13-11-32)23(34)17-36-21-8-5-7-20(15-21)31-19-39(37-29-3)38-14-6-9-25(2,18-28)24(35)30-16-22(26)27/h5,7-8,15,19,22,29,31H,4,6,9-14,16-17H2,1-3H3,(H,30,35). The number of halogens is 2. The maximum Gasteiger partial charge on any atom is 0.260 e. The monoisotopic (exact) mass is 588 g/mol. The Labute approximate surface area is 235 Å². The zero-order chi connectivity index (χ0) is 28.7. The molecular formula is C25H38F2N6O4S2. The molecule has 0 aliphatic carbocycles. The van der Waals surface area contributed by atoms with Crippen LogP contribution < -0.4 is 20.9 Å². The van der Waals surface area contributed by atoms with Crippen molar-refractivity contribution in [3.8, 4) is 11.8 Å². The number of carbonyl (C=O) groups is 2. The van der Waals surface area contributed by atoms with Crippen LogP contribution >= 0.6 is 20.6 Å². The molecule has 2 rings (SSSR count). The predicted octanol–water partition coefficient (Wildman–Crippen LogP) is 3.08. The Balaban J connectivity index is 1.83. The molecule has 39 heavy (non-hydrogen) atoms. The molecule has 1 aliphatic rings. The highest BCUT2D eigenvalue weighted by atomic mass is 33.1. The van der Waals surface area contributed by atoms with Crippen molar-refractivity contribution in [1.82, 2.24) is 20.6 Å². The highest BCUT2D eigenvalue weighted by Crippen LogP contribution is 2.33. The topological polar surface area (TPSA) is 119 Å². The fourth-order valence-electron chi connectivity index (χ4n) is 3.66. The number of alkyl halides is 2. The number of hydrogen-bond donors (Lipinski definition) is 3. The summed E-state index contributed by atoms with van der Waals surface area (Å²) < 4.78 is 36.0. The number of hydrogen-bond acceptors (Lipinski definition) is 8. The molecule has 2 unspecified atom stereocenters. The number of nitriles is 1. The van der Waals surface area contributed by atoms with Crippen molar-refractivity contribution in [2.45, 2.75) is 33.1 Å². The second kappa shape index (κ2) is 17.3. The van der Waals surface area contributed by atoms with E-state index < -0.39 is 34.1 Å². The summed E-state index contributed by atoms with van der Waals surface area (Å²) in [5.74, 6) is 0.406. The van der Waals surface area contributed by atoms with Gasteiger partial charge in [-0.2, -0.15) is 10.7 Å². The van der Waals surface area contributed by atoms with E-state index in [2.05, 4.69) is 27.9 Å². The third-order valence-corrected chi connectivity index (χ3v) is 9.06. The smallest absolute Gasteiger partial charge is 0.260 e. The van der Waals surface area contributed by atoms with Gasteiger partial charge in [0.2, 0.25) is 5.91 Å². The third kappa shape index (κ3) is 11.7. The number of benzene rings is 1. The van der Waals surface area contributed by atoms with Crippen LogP contribution in [0.5, 0.6) is 5.75 Å². The Morgan fingerprint density at radius 1 is 1.31 bits per heavy atom. The average Bonchev–Trinajstić information content (AvgIpc) is 2.95. The zero-order valence-electron chi connectivity index (χ0n) is 22.6. The lowest BCUT2D eigenvalue weighted by atomic mass is 9.86. The van der Waals surface area contributed by atoms with Gasteiger partial charge in [-0.3, -0.25) is 9.59 Å². The molecule has 1 aromatic carbocycles. The van der Waals surface area contributed by atoms with Crippen LogP contribution in [0.15, 0.2) is 24.3 Å². The van der Waals surface area contributed by atoms with E-state index in [1.165, 1.54) is 17.7 Å². The van der Waals surface area contributed by atoms with E-state index in [-0.39, 0.29) is 18.9 Å². The molecule has 1 fully saturated rings. The molecule has 0 radical (unpaired) electrons. The van der Waals surface area contributed by atoms with Gasteiger partial charge in [0.15, 0.2) is 6.61 Å². The lowest BCUT2D eigenvalue weighted by molar-refractivity contribution is -0.135. The number of nitrogens with zero attached hydrogens (tertiary/aromatic N) is 3. The van der Waals surface area contributed by atoms with Crippen LogP contribution in [-0.2, 0) is 13.9 Å². The normalized spacial score (nSPS) is 16.4. The first-order valence-corrected chi connectivity index (χ1v) is 15.4. The van der Waals surface area contributed by atoms with Crippen LogP contribution in [0.2, 0.25) is 0 Å². The maximum atomic E-state index is 12.5. The predicted molar refractivity (Wildman–Crippen MR) is 152 cm³/mol. The van der Waals surface area contributed by atoms with E-state index in [0.29, 0.717) is 31.0 Å². The van der Waals surface area contributed by atoms with Crippen LogP contribution in [0, 0.1) is 16.7 Å². The Morgan fingerprint density at radius 2 is 2.05 bits per heavy atom. The van der Waals surface area contributed by atoms with E-state index >= 15 is 0 Å². The first kappa shape index (κ1) is 32.8. The summed E-state index contributed by atoms with van der Waals surface area (Å²) in [7, 11) is 2.38. The van der Waals surface area contributed by atoms with Crippen molar-refractivity contribution < 1.29 is 27.4 Å². The molecule has 3 N–H and O–H groups in total. The number of rotatable bonds is 16. The number of hydroxylamine groups is 1. The summed E-state index contributed by atoms with van der Waals surface area (Å²) in [5.41, 5.74) is 3.79. The van der Waals surface area contributed by atoms with E-state index in [1.54, 1.807) is 24.7 Å². The van der Waals surface area contributed by atoms with Crippen LogP contribution in [0.25, 0.3) is 0 Å². The van der Waals surface area contributed by atoms with Crippen molar-refractivity contribution in [2.24, 2.45) is 5.41 Å². The van der Waals surface area contributed by atoms with Gasteiger partial charge >= 0.3 is 0 Å². The minimum atomic E-state index is -2.67. The van der Waals surface area contributed by atoms with Gasteiger partial charge in [-0.15, -0.1) is 0 Å². The van der Waals surface area contributed by atoms with Crippen molar-refractivity contribution in [3.05, 3.63) is 24.3 Å². The lowest BCUT2D eigenvalue weighted by Crippen LogP contribution is -2.49. The van der Waals surface area contributed by atoms with Gasteiger partial charge in [-0.25, -0.2) is 13.1 Å². The molecule has 218 valence electrons. The summed E-state index contributed by atoms with van der Waals surface area (Å²) >= 11 is 0. The van der Waals surface area contributed by atoms with Gasteiger partial charge in [-0.05, 0) is 38.4 Å². The fourth-order valence-corrected chi connectivity index (χ4v) is 6.19. The van der Waals surface area contributed by atoms with Crippen molar-refractivity contribution in [3.63, 3.8) is 0 Å². The summed E-state index contributed by atoms with van der Waals surface area (Å²) in [6, 6.07) is 9.20. The van der Waals surface area contributed by atoms with Gasteiger partial charge in [0.25, 0.3) is 12.3 Å². The third-order valence-electron chi connectivity index (χ3n) is 6.04. The Kier molecular flexibility index (Phi) is 14.5. The molecule has 1 heterocycles. The largest absolute Gasteiger partial charge is 0.484 e. The number of anilines is 1. The Bertz CT molecular complexity index is 1010. The van der Waals surface area contributed by atoms with Crippen molar-refractivity contribution in [1.29, 1.82) is 5.26 Å². The number of likely N-dealkylation sites (N-methyl/N-ethyl adjacent to an activating group) is 1. The van der Waals surface area contributed by atoms with Crippen molar-refractivity contribution >= 4 is 43.6 Å². The molecule has 1 saturated heterocycles. The summed E-state index contributed by atoms with van der Waals surface area (Å²) in [6.45, 7) is 6.92. The van der Waals surface area contributed by atoms with Crippen LogP contribution in [0.1, 0.15) is 26.7 Å². The van der Waals surface area contributed by atoms with Gasteiger partial charge < -0.3 is 25.2 Å². The molecule has 14 heteroatoms. The highest BCUT2D eigenvalue weighted by Gasteiger charge is 2.33. The molecular weight excluding hydrogens is 550 g/mol. The number of piperazine rings is 1. The number of nitrogens with one attached hydrogen (secondary N) is 3. The van der Waals surface area contributed by atoms with E-state index in [4.69, 9.17) is 9.02 Å². The van der Waals surface area contributed by atoms with Gasteiger partial charge in [-0.1, -0.05) is 23.8 Å². The minimum absolute atomic E-state index is 0.0236. The Hall–Kier alpha value is -2.44. The number of ether oxygens (including phenoxy) is 1.